The van der Waals surface area contributed by atoms with Gasteiger partial charge in [-0.05, 0) is 36.6 Å². The van der Waals surface area contributed by atoms with E-state index in [1.807, 2.05) is 12.2 Å². The highest BCUT2D eigenvalue weighted by Crippen LogP contribution is 2.35. The Labute approximate surface area is 145 Å². The van der Waals surface area contributed by atoms with Crippen molar-refractivity contribution >= 4 is 29.2 Å². The van der Waals surface area contributed by atoms with Crippen LogP contribution in [0.5, 0.6) is 0 Å². The minimum absolute atomic E-state index is 0.0129. The van der Waals surface area contributed by atoms with Gasteiger partial charge in [-0.2, -0.15) is 0 Å². The fourth-order valence-corrected chi connectivity index (χ4v) is 3.90. The zero-order chi connectivity index (χ0) is 17.7. The summed E-state index contributed by atoms with van der Waals surface area (Å²) in [6.07, 6.45) is 5.24. The van der Waals surface area contributed by atoms with Gasteiger partial charge in [-0.25, -0.2) is 0 Å². The first-order valence-corrected chi connectivity index (χ1v) is 8.40. The highest BCUT2D eigenvalue weighted by atomic mass is 16.2. The number of hydrogen-bond donors (Lipinski definition) is 0. The van der Waals surface area contributed by atoms with Crippen molar-refractivity contribution in [1.82, 2.24) is 4.90 Å². The molecule has 1 aromatic rings. The Hall–Kier alpha value is -2.76. The van der Waals surface area contributed by atoms with Gasteiger partial charge in [0.15, 0.2) is 5.78 Å². The molecule has 1 aliphatic carbocycles. The van der Waals surface area contributed by atoms with Crippen molar-refractivity contribution in [3.05, 3.63) is 41.5 Å². The van der Waals surface area contributed by atoms with E-state index in [4.69, 9.17) is 0 Å². The first kappa shape index (κ1) is 15.7. The minimum Gasteiger partial charge on any atom is -0.315 e. The van der Waals surface area contributed by atoms with Crippen molar-refractivity contribution in [1.29, 1.82) is 0 Å². The fourth-order valence-electron chi connectivity index (χ4n) is 3.90. The maximum absolute atomic E-state index is 12.6. The molecule has 0 aromatic heterocycles. The van der Waals surface area contributed by atoms with E-state index in [0.29, 0.717) is 18.4 Å². The Balaban J connectivity index is 1.53. The van der Waals surface area contributed by atoms with Crippen molar-refractivity contribution in [3.8, 4) is 0 Å². The molecular weight excluding hydrogens is 320 g/mol. The average molecular weight is 338 g/mol. The molecule has 2 atom stereocenters. The molecule has 6 heteroatoms. The Morgan fingerprint density at radius 3 is 2.36 bits per heavy atom. The van der Waals surface area contributed by atoms with E-state index in [1.165, 1.54) is 0 Å². The third kappa shape index (κ3) is 2.40. The lowest BCUT2D eigenvalue weighted by molar-refractivity contribution is -0.139. The SMILES string of the molecule is CN1C(=O)Cc2cc(C(=O)CN3C(=O)[C@@H]4CC=CC[C@H]4C3=O)ccc21. The quantitative estimate of drug-likeness (QED) is 0.473. The van der Waals surface area contributed by atoms with Gasteiger partial charge in [0.1, 0.15) is 0 Å². The Morgan fingerprint density at radius 2 is 1.72 bits per heavy atom. The van der Waals surface area contributed by atoms with Crippen LogP contribution in [0.15, 0.2) is 30.4 Å². The lowest BCUT2D eigenvalue weighted by Gasteiger charge is -2.14. The second kappa shape index (κ2) is 5.65. The molecule has 3 aliphatic rings. The summed E-state index contributed by atoms with van der Waals surface area (Å²) in [5.74, 6) is -1.43. The predicted octanol–water partition coefficient (Wildman–Crippen LogP) is 1.34. The van der Waals surface area contributed by atoms with Gasteiger partial charge in [0.05, 0.1) is 24.8 Å². The molecule has 0 bridgehead atoms. The average Bonchev–Trinajstić information content (AvgIpc) is 3.03. The second-order valence-corrected chi connectivity index (χ2v) is 6.81. The highest BCUT2D eigenvalue weighted by Gasteiger charge is 2.47. The number of amides is 3. The van der Waals surface area contributed by atoms with Crippen LogP contribution in [0.4, 0.5) is 5.69 Å². The van der Waals surface area contributed by atoms with Gasteiger partial charge in [-0.3, -0.25) is 24.1 Å². The molecule has 2 aliphatic heterocycles. The lowest BCUT2D eigenvalue weighted by Crippen LogP contribution is -2.36. The van der Waals surface area contributed by atoms with E-state index in [1.54, 1.807) is 30.1 Å². The summed E-state index contributed by atoms with van der Waals surface area (Å²) in [7, 11) is 1.70. The number of allylic oxidation sites excluding steroid dienone is 2. The number of imide groups is 1. The summed E-state index contributed by atoms with van der Waals surface area (Å²) < 4.78 is 0. The molecule has 0 N–H and O–H groups in total. The van der Waals surface area contributed by atoms with Crippen LogP contribution in [0.2, 0.25) is 0 Å². The normalized spacial score (nSPS) is 24.8. The van der Waals surface area contributed by atoms with Gasteiger partial charge in [0.25, 0.3) is 0 Å². The number of likely N-dealkylation sites (tertiary alicyclic amines) is 1. The molecule has 6 nitrogen and oxygen atoms in total. The van der Waals surface area contributed by atoms with Crippen LogP contribution in [0, 0.1) is 11.8 Å². The third-order valence-electron chi connectivity index (χ3n) is 5.38. The summed E-state index contributed by atoms with van der Waals surface area (Å²) in [6, 6.07) is 5.08. The van der Waals surface area contributed by atoms with Crippen LogP contribution < -0.4 is 4.90 Å². The predicted molar refractivity (Wildman–Crippen MR) is 90.0 cm³/mol. The number of ketones is 1. The smallest absolute Gasteiger partial charge is 0.233 e. The molecule has 3 amide bonds. The van der Waals surface area contributed by atoms with E-state index in [2.05, 4.69) is 0 Å². The third-order valence-corrected chi connectivity index (χ3v) is 5.38. The first-order valence-electron chi connectivity index (χ1n) is 8.40. The maximum Gasteiger partial charge on any atom is 0.233 e. The number of Topliss-reactive ketones (excluding diaryl/α,β-unsaturated/α-hetero) is 1. The van der Waals surface area contributed by atoms with Gasteiger partial charge >= 0.3 is 0 Å². The van der Waals surface area contributed by atoms with Crippen LogP contribution in [0.1, 0.15) is 28.8 Å². The number of hydrogen-bond acceptors (Lipinski definition) is 4. The lowest BCUT2D eigenvalue weighted by atomic mass is 9.85. The van der Waals surface area contributed by atoms with E-state index in [9.17, 15) is 19.2 Å². The standard InChI is InChI=1S/C19H18N2O4/c1-20-15-7-6-11(8-12(15)9-17(20)23)16(22)10-21-18(24)13-4-2-3-5-14(13)19(21)25/h2-3,6-8,13-14H,4-5,9-10H2,1H3/t13-,14-/m1/s1. The van der Waals surface area contributed by atoms with Crippen molar-refractivity contribution in [3.63, 3.8) is 0 Å². The Morgan fingerprint density at radius 1 is 1.08 bits per heavy atom. The second-order valence-electron chi connectivity index (χ2n) is 6.81. The minimum atomic E-state index is -0.323. The van der Waals surface area contributed by atoms with E-state index in [0.717, 1.165) is 16.2 Å². The van der Waals surface area contributed by atoms with Crippen LogP contribution in [0.3, 0.4) is 0 Å². The Bertz CT molecular complexity index is 816. The largest absolute Gasteiger partial charge is 0.315 e. The molecular formula is C19H18N2O4. The summed E-state index contributed by atoms with van der Waals surface area (Å²) in [5, 5.41) is 0. The summed E-state index contributed by atoms with van der Waals surface area (Å²) >= 11 is 0. The number of carbonyl (C=O) groups is 4. The van der Waals surface area contributed by atoms with Gasteiger partial charge in [-0.15, -0.1) is 0 Å². The number of benzene rings is 1. The number of anilines is 1. The van der Waals surface area contributed by atoms with E-state index in [-0.39, 0.29) is 48.3 Å². The molecule has 1 saturated heterocycles. The van der Waals surface area contributed by atoms with Crippen molar-refractivity contribution in [2.75, 3.05) is 18.5 Å². The molecule has 1 fully saturated rings. The molecule has 0 spiro atoms. The Kier molecular flexibility index (Phi) is 3.56. The summed E-state index contributed by atoms with van der Waals surface area (Å²) in [4.78, 5) is 51.9. The monoisotopic (exact) mass is 338 g/mol. The van der Waals surface area contributed by atoms with Gasteiger partial charge in [-0.1, -0.05) is 12.2 Å². The van der Waals surface area contributed by atoms with Crippen LogP contribution in [-0.2, 0) is 20.8 Å². The molecule has 0 unspecified atom stereocenters. The molecule has 1 aromatic carbocycles. The van der Waals surface area contributed by atoms with Crippen molar-refractivity contribution < 1.29 is 19.2 Å². The molecule has 128 valence electrons. The van der Waals surface area contributed by atoms with Crippen molar-refractivity contribution in [2.24, 2.45) is 11.8 Å². The summed E-state index contributed by atoms with van der Waals surface area (Å²) in [5.41, 5.74) is 2.03. The van der Waals surface area contributed by atoms with Gasteiger partial charge in [0.2, 0.25) is 17.7 Å². The molecule has 2 heterocycles. The zero-order valence-corrected chi connectivity index (χ0v) is 13.9. The molecule has 0 saturated carbocycles. The van der Waals surface area contributed by atoms with Crippen LogP contribution in [0.25, 0.3) is 0 Å². The summed E-state index contributed by atoms with van der Waals surface area (Å²) in [6.45, 7) is -0.229. The van der Waals surface area contributed by atoms with Gasteiger partial charge in [0, 0.05) is 18.3 Å². The number of nitrogens with zero attached hydrogens (tertiary/aromatic N) is 2. The zero-order valence-electron chi connectivity index (χ0n) is 13.9. The maximum atomic E-state index is 12.6. The number of likely N-dealkylation sites (N-methyl/N-ethyl adjacent to an activating group) is 1. The number of rotatable bonds is 3. The van der Waals surface area contributed by atoms with Gasteiger partial charge < -0.3 is 4.90 Å². The number of fused-ring (bicyclic) bond motifs is 2. The van der Waals surface area contributed by atoms with Crippen LogP contribution >= 0.6 is 0 Å². The van der Waals surface area contributed by atoms with E-state index < -0.39 is 0 Å². The number of carbonyl (C=O) groups excluding carboxylic acids is 4. The van der Waals surface area contributed by atoms with Crippen molar-refractivity contribution in [2.45, 2.75) is 19.3 Å². The fraction of sp³-hybridized carbons (Fsp3) is 0.368. The molecule has 0 radical (unpaired) electrons. The molecule has 4 rings (SSSR count). The van der Waals surface area contributed by atoms with Crippen LogP contribution in [-0.4, -0.2) is 42.0 Å². The topological polar surface area (TPSA) is 74.8 Å². The first-order chi connectivity index (χ1) is 12.0. The molecule has 25 heavy (non-hydrogen) atoms. The van der Waals surface area contributed by atoms with E-state index >= 15 is 0 Å². The highest BCUT2D eigenvalue weighted by molar-refractivity contribution is 6.10.